The first-order valence-electron chi connectivity index (χ1n) is 7.46. The molecule has 0 saturated carbocycles. The van der Waals surface area contributed by atoms with Crippen molar-refractivity contribution in [2.24, 2.45) is 0 Å². The van der Waals surface area contributed by atoms with E-state index in [9.17, 15) is 4.79 Å². The van der Waals surface area contributed by atoms with Gasteiger partial charge in [-0.2, -0.15) is 0 Å². The molecule has 120 valence electrons. The number of aromatic nitrogens is 4. The minimum atomic E-state index is -0.283. The molecule has 3 aromatic rings. The number of rotatable bonds is 6. The molecule has 0 aliphatic carbocycles. The predicted molar refractivity (Wildman–Crippen MR) is 89.0 cm³/mol. The van der Waals surface area contributed by atoms with Crippen LogP contribution in [0.3, 0.4) is 0 Å². The lowest BCUT2D eigenvalue weighted by Gasteiger charge is -2.06. The lowest BCUT2D eigenvalue weighted by Crippen LogP contribution is -2.24. The zero-order chi connectivity index (χ0) is 16.6. The van der Waals surface area contributed by atoms with Crippen LogP contribution in [0.4, 0.5) is 5.82 Å². The first kappa shape index (κ1) is 15.5. The van der Waals surface area contributed by atoms with Crippen molar-refractivity contribution in [1.82, 2.24) is 25.5 Å². The van der Waals surface area contributed by atoms with Crippen molar-refractivity contribution in [3.8, 4) is 0 Å². The van der Waals surface area contributed by atoms with Gasteiger partial charge in [-0.1, -0.05) is 6.07 Å². The molecule has 1 amide bonds. The molecular formula is C17H16N6O. The highest BCUT2D eigenvalue weighted by atomic mass is 16.1. The highest BCUT2D eigenvalue weighted by Gasteiger charge is 2.08. The van der Waals surface area contributed by atoms with E-state index in [0.29, 0.717) is 18.9 Å². The largest absolute Gasteiger partial charge is 0.365 e. The Bertz CT molecular complexity index is 777. The monoisotopic (exact) mass is 320 g/mol. The molecule has 0 spiro atoms. The first-order valence-corrected chi connectivity index (χ1v) is 7.46. The van der Waals surface area contributed by atoms with Gasteiger partial charge in [-0.05, 0) is 42.0 Å². The van der Waals surface area contributed by atoms with Crippen molar-refractivity contribution in [2.45, 2.75) is 13.1 Å². The van der Waals surface area contributed by atoms with Crippen molar-refractivity contribution in [1.29, 1.82) is 0 Å². The summed E-state index contributed by atoms with van der Waals surface area (Å²) in [5.74, 6) is 0.321. The van der Waals surface area contributed by atoms with Gasteiger partial charge in [-0.3, -0.25) is 14.8 Å². The summed E-state index contributed by atoms with van der Waals surface area (Å²) in [5, 5.41) is 13.9. The van der Waals surface area contributed by atoms with E-state index >= 15 is 0 Å². The third-order valence-electron chi connectivity index (χ3n) is 3.28. The summed E-state index contributed by atoms with van der Waals surface area (Å²) in [6.45, 7) is 0.964. The SMILES string of the molecule is O=C(NCc1ccccn1)c1ccc(NCc2ccncc2)nn1. The lowest BCUT2D eigenvalue weighted by atomic mass is 10.3. The molecular weight excluding hydrogens is 304 g/mol. The molecule has 24 heavy (non-hydrogen) atoms. The zero-order valence-corrected chi connectivity index (χ0v) is 12.9. The highest BCUT2D eigenvalue weighted by Crippen LogP contribution is 2.05. The van der Waals surface area contributed by atoms with E-state index in [0.717, 1.165) is 11.3 Å². The summed E-state index contributed by atoms with van der Waals surface area (Å²) in [6.07, 6.45) is 5.15. The van der Waals surface area contributed by atoms with Crippen LogP contribution in [0.2, 0.25) is 0 Å². The number of pyridine rings is 2. The van der Waals surface area contributed by atoms with Gasteiger partial charge in [0.05, 0.1) is 12.2 Å². The molecule has 0 atom stereocenters. The van der Waals surface area contributed by atoms with Crippen molar-refractivity contribution in [3.63, 3.8) is 0 Å². The fourth-order valence-electron chi connectivity index (χ4n) is 2.01. The molecule has 0 saturated heterocycles. The number of carbonyl (C=O) groups is 1. The second kappa shape index (κ2) is 7.77. The summed E-state index contributed by atoms with van der Waals surface area (Å²) < 4.78 is 0. The normalized spacial score (nSPS) is 10.2. The van der Waals surface area contributed by atoms with Gasteiger partial charge in [0.1, 0.15) is 5.82 Å². The molecule has 7 nitrogen and oxygen atoms in total. The molecule has 2 N–H and O–H groups in total. The number of nitrogens with zero attached hydrogens (tertiary/aromatic N) is 4. The van der Waals surface area contributed by atoms with E-state index in [4.69, 9.17) is 0 Å². The molecule has 0 aromatic carbocycles. The Morgan fingerprint density at radius 3 is 2.50 bits per heavy atom. The Kier molecular flexibility index (Phi) is 5.03. The molecule has 3 rings (SSSR count). The van der Waals surface area contributed by atoms with Crippen LogP contribution in [0.15, 0.2) is 61.1 Å². The molecule has 0 aliphatic rings. The van der Waals surface area contributed by atoms with Gasteiger partial charge in [-0.15, -0.1) is 10.2 Å². The number of anilines is 1. The standard InChI is InChI=1S/C17H16N6O/c24-17(21-12-14-3-1-2-8-19-14)15-4-5-16(23-22-15)20-11-13-6-9-18-10-7-13/h1-10H,11-12H2,(H,20,23)(H,21,24). The van der Waals surface area contributed by atoms with Gasteiger partial charge in [0, 0.05) is 25.1 Å². The fourth-order valence-corrected chi connectivity index (χ4v) is 2.01. The Balaban J connectivity index is 1.53. The highest BCUT2D eigenvalue weighted by molar-refractivity contribution is 5.92. The van der Waals surface area contributed by atoms with Gasteiger partial charge in [-0.25, -0.2) is 0 Å². The average molecular weight is 320 g/mol. The molecule has 0 bridgehead atoms. The zero-order valence-electron chi connectivity index (χ0n) is 12.9. The number of hydrogen-bond acceptors (Lipinski definition) is 6. The Morgan fingerprint density at radius 2 is 1.79 bits per heavy atom. The summed E-state index contributed by atoms with van der Waals surface area (Å²) in [7, 11) is 0. The van der Waals surface area contributed by atoms with Gasteiger partial charge in [0.25, 0.3) is 5.91 Å². The van der Waals surface area contributed by atoms with E-state index in [-0.39, 0.29) is 11.6 Å². The van der Waals surface area contributed by atoms with Gasteiger partial charge < -0.3 is 10.6 Å². The van der Waals surface area contributed by atoms with Gasteiger partial charge >= 0.3 is 0 Å². The maximum absolute atomic E-state index is 12.0. The molecule has 0 unspecified atom stereocenters. The number of nitrogens with one attached hydrogen (secondary N) is 2. The predicted octanol–water partition coefficient (Wildman–Crippen LogP) is 1.81. The van der Waals surface area contributed by atoms with Gasteiger partial charge in [0.15, 0.2) is 5.69 Å². The molecule has 3 heterocycles. The van der Waals surface area contributed by atoms with E-state index in [1.54, 1.807) is 30.7 Å². The third kappa shape index (κ3) is 4.33. The second-order valence-electron chi connectivity index (χ2n) is 5.02. The number of hydrogen-bond donors (Lipinski definition) is 2. The molecule has 0 fully saturated rings. The maximum Gasteiger partial charge on any atom is 0.272 e. The van der Waals surface area contributed by atoms with Crippen molar-refractivity contribution >= 4 is 11.7 Å². The van der Waals surface area contributed by atoms with Crippen molar-refractivity contribution < 1.29 is 4.79 Å². The van der Waals surface area contributed by atoms with E-state index < -0.39 is 0 Å². The summed E-state index contributed by atoms with van der Waals surface area (Å²) in [6, 6.07) is 12.7. The topological polar surface area (TPSA) is 92.7 Å². The molecule has 0 aliphatic heterocycles. The summed E-state index contributed by atoms with van der Waals surface area (Å²) in [4.78, 5) is 20.2. The number of amides is 1. The lowest BCUT2D eigenvalue weighted by molar-refractivity contribution is 0.0944. The van der Waals surface area contributed by atoms with Crippen LogP contribution in [-0.2, 0) is 13.1 Å². The average Bonchev–Trinajstić information content (AvgIpc) is 2.66. The van der Waals surface area contributed by atoms with Crippen LogP contribution in [0.25, 0.3) is 0 Å². The number of carbonyl (C=O) groups excluding carboxylic acids is 1. The second-order valence-corrected chi connectivity index (χ2v) is 5.02. The minimum Gasteiger partial charge on any atom is -0.365 e. The van der Waals surface area contributed by atoms with Crippen LogP contribution in [0.1, 0.15) is 21.7 Å². The van der Waals surface area contributed by atoms with Crippen LogP contribution < -0.4 is 10.6 Å². The van der Waals surface area contributed by atoms with Crippen LogP contribution in [-0.4, -0.2) is 26.1 Å². The van der Waals surface area contributed by atoms with E-state index in [2.05, 4.69) is 30.8 Å². The first-order chi connectivity index (χ1) is 11.8. The smallest absolute Gasteiger partial charge is 0.272 e. The van der Waals surface area contributed by atoms with Crippen LogP contribution in [0.5, 0.6) is 0 Å². The van der Waals surface area contributed by atoms with Crippen LogP contribution >= 0.6 is 0 Å². The van der Waals surface area contributed by atoms with E-state index in [1.807, 2.05) is 30.3 Å². The maximum atomic E-state index is 12.0. The van der Waals surface area contributed by atoms with Gasteiger partial charge in [0.2, 0.25) is 0 Å². The summed E-state index contributed by atoms with van der Waals surface area (Å²) in [5.41, 5.74) is 2.14. The van der Waals surface area contributed by atoms with Crippen molar-refractivity contribution in [2.75, 3.05) is 5.32 Å². The molecule has 3 aromatic heterocycles. The fraction of sp³-hybridized carbons (Fsp3) is 0.118. The Morgan fingerprint density at radius 1 is 0.917 bits per heavy atom. The summed E-state index contributed by atoms with van der Waals surface area (Å²) >= 11 is 0. The van der Waals surface area contributed by atoms with Crippen molar-refractivity contribution in [3.05, 3.63) is 78.0 Å². The quantitative estimate of drug-likeness (QED) is 0.719. The Labute approximate surface area is 139 Å². The molecule has 7 heteroatoms. The van der Waals surface area contributed by atoms with Crippen LogP contribution in [0, 0.1) is 0 Å². The minimum absolute atomic E-state index is 0.264. The third-order valence-corrected chi connectivity index (χ3v) is 3.28. The van der Waals surface area contributed by atoms with E-state index in [1.165, 1.54) is 0 Å². The Hall–Kier alpha value is -3.35. The molecule has 0 radical (unpaired) electrons.